The SMILES string of the molecule is Cc1ccc(CN(C)C(=O)[C@H]2CN(S(=O)(=O)c3ccccc3)c3ccccc3O2)cc1. The smallest absolute Gasteiger partial charge is 0.265 e. The fourth-order valence-corrected chi connectivity index (χ4v) is 5.07. The maximum absolute atomic E-state index is 13.4. The third-order valence-electron chi connectivity index (χ3n) is 5.26. The topological polar surface area (TPSA) is 66.9 Å². The van der Waals surface area contributed by atoms with Gasteiger partial charge in [-0.15, -0.1) is 0 Å². The van der Waals surface area contributed by atoms with Gasteiger partial charge in [-0.1, -0.05) is 60.2 Å². The number of para-hydroxylation sites is 2. The van der Waals surface area contributed by atoms with Crippen molar-refractivity contribution < 1.29 is 17.9 Å². The first kappa shape index (κ1) is 20.9. The molecular formula is C24H24N2O4S. The molecule has 1 aliphatic rings. The quantitative estimate of drug-likeness (QED) is 0.613. The van der Waals surface area contributed by atoms with Crippen molar-refractivity contribution in [3.63, 3.8) is 0 Å². The van der Waals surface area contributed by atoms with Gasteiger partial charge in [0.2, 0.25) is 0 Å². The maximum atomic E-state index is 13.4. The number of aryl methyl sites for hydroxylation is 1. The summed E-state index contributed by atoms with van der Waals surface area (Å²) in [6, 6.07) is 23.0. The number of sulfonamides is 1. The molecule has 0 N–H and O–H groups in total. The lowest BCUT2D eigenvalue weighted by Gasteiger charge is -2.36. The molecule has 6 nitrogen and oxygen atoms in total. The zero-order chi connectivity index (χ0) is 22.0. The second kappa shape index (κ2) is 8.43. The van der Waals surface area contributed by atoms with Crippen LogP contribution in [0.15, 0.2) is 83.8 Å². The van der Waals surface area contributed by atoms with Crippen LogP contribution in [0.3, 0.4) is 0 Å². The average molecular weight is 437 g/mol. The summed E-state index contributed by atoms with van der Waals surface area (Å²) in [5.74, 6) is 0.0960. The fourth-order valence-electron chi connectivity index (χ4n) is 3.57. The number of rotatable bonds is 5. The fraction of sp³-hybridized carbons (Fsp3) is 0.208. The molecule has 1 amide bonds. The van der Waals surface area contributed by atoms with Crippen LogP contribution in [0.4, 0.5) is 5.69 Å². The molecule has 0 aliphatic carbocycles. The van der Waals surface area contributed by atoms with Gasteiger partial charge in [-0.3, -0.25) is 9.10 Å². The summed E-state index contributed by atoms with van der Waals surface area (Å²) in [6.07, 6.45) is -0.941. The molecule has 0 bridgehead atoms. The molecule has 0 radical (unpaired) electrons. The summed E-state index contributed by atoms with van der Waals surface area (Å²) in [5, 5.41) is 0. The van der Waals surface area contributed by atoms with E-state index in [4.69, 9.17) is 4.74 Å². The van der Waals surface area contributed by atoms with Gasteiger partial charge in [0.15, 0.2) is 6.10 Å². The van der Waals surface area contributed by atoms with Crippen LogP contribution < -0.4 is 9.04 Å². The van der Waals surface area contributed by atoms with E-state index in [1.165, 1.54) is 4.31 Å². The lowest BCUT2D eigenvalue weighted by atomic mass is 10.1. The van der Waals surface area contributed by atoms with E-state index < -0.39 is 16.1 Å². The molecule has 0 unspecified atom stereocenters. The number of anilines is 1. The summed E-state index contributed by atoms with van der Waals surface area (Å²) in [6.45, 7) is 2.32. The summed E-state index contributed by atoms with van der Waals surface area (Å²) in [7, 11) is -2.15. The van der Waals surface area contributed by atoms with Gasteiger partial charge < -0.3 is 9.64 Å². The van der Waals surface area contributed by atoms with Crippen LogP contribution in [0.1, 0.15) is 11.1 Å². The van der Waals surface area contributed by atoms with E-state index in [-0.39, 0.29) is 17.3 Å². The summed E-state index contributed by atoms with van der Waals surface area (Å²) >= 11 is 0. The van der Waals surface area contributed by atoms with Crippen molar-refractivity contribution in [2.75, 3.05) is 17.9 Å². The number of fused-ring (bicyclic) bond motifs is 1. The van der Waals surface area contributed by atoms with E-state index in [2.05, 4.69) is 0 Å². The highest BCUT2D eigenvalue weighted by Gasteiger charge is 2.38. The number of ether oxygens (including phenoxy) is 1. The Morgan fingerprint density at radius 3 is 2.35 bits per heavy atom. The molecule has 31 heavy (non-hydrogen) atoms. The number of amides is 1. The van der Waals surface area contributed by atoms with E-state index in [0.29, 0.717) is 18.0 Å². The molecule has 1 heterocycles. The molecule has 3 aromatic carbocycles. The number of carbonyl (C=O) groups is 1. The maximum Gasteiger partial charge on any atom is 0.265 e. The van der Waals surface area contributed by atoms with Gasteiger partial charge in [0.1, 0.15) is 5.75 Å². The second-order valence-corrected chi connectivity index (χ2v) is 9.47. The van der Waals surface area contributed by atoms with Crippen molar-refractivity contribution in [2.45, 2.75) is 24.5 Å². The van der Waals surface area contributed by atoms with Gasteiger partial charge in [0, 0.05) is 13.6 Å². The van der Waals surface area contributed by atoms with Crippen LogP contribution in [-0.2, 0) is 21.4 Å². The van der Waals surface area contributed by atoms with Crippen molar-refractivity contribution in [3.8, 4) is 5.75 Å². The average Bonchev–Trinajstić information content (AvgIpc) is 2.79. The van der Waals surface area contributed by atoms with Crippen molar-refractivity contribution >= 4 is 21.6 Å². The minimum Gasteiger partial charge on any atom is -0.476 e. The van der Waals surface area contributed by atoms with E-state index in [1.54, 1.807) is 66.5 Å². The summed E-state index contributed by atoms with van der Waals surface area (Å²) in [5.41, 5.74) is 2.56. The zero-order valence-corrected chi connectivity index (χ0v) is 18.2. The first-order valence-corrected chi connectivity index (χ1v) is 11.4. The monoisotopic (exact) mass is 436 g/mol. The number of nitrogens with zero attached hydrogens (tertiary/aromatic N) is 2. The summed E-state index contributed by atoms with van der Waals surface area (Å²) in [4.78, 5) is 14.9. The molecule has 0 spiro atoms. The number of benzene rings is 3. The molecule has 160 valence electrons. The highest BCUT2D eigenvalue weighted by Crippen LogP contribution is 2.37. The van der Waals surface area contributed by atoms with Gasteiger partial charge in [-0.05, 0) is 36.8 Å². The Kier molecular flexibility index (Phi) is 5.69. The molecule has 1 aliphatic heterocycles. The minimum absolute atomic E-state index is 0.0920. The van der Waals surface area contributed by atoms with E-state index in [9.17, 15) is 13.2 Å². The van der Waals surface area contributed by atoms with E-state index in [1.807, 2.05) is 31.2 Å². The zero-order valence-electron chi connectivity index (χ0n) is 17.4. The Hall–Kier alpha value is -3.32. The molecule has 0 saturated heterocycles. The van der Waals surface area contributed by atoms with Crippen LogP contribution in [0, 0.1) is 6.92 Å². The Morgan fingerprint density at radius 1 is 1.00 bits per heavy atom. The third kappa shape index (κ3) is 4.27. The number of carbonyl (C=O) groups excluding carboxylic acids is 1. The van der Waals surface area contributed by atoms with Gasteiger partial charge in [-0.2, -0.15) is 0 Å². The third-order valence-corrected chi connectivity index (χ3v) is 7.05. The van der Waals surface area contributed by atoms with Crippen LogP contribution in [0.5, 0.6) is 5.75 Å². The molecule has 0 saturated carbocycles. The van der Waals surface area contributed by atoms with Gasteiger partial charge in [0.25, 0.3) is 15.9 Å². The van der Waals surface area contributed by atoms with Crippen LogP contribution in [-0.4, -0.2) is 38.9 Å². The van der Waals surface area contributed by atoms with Gasteiger partial charge in [-0.25, -0.2) is 8.42 Å². The van der Waals surface area contributed by atoms with Crippen LogP contribution >= 0.6 is 0 Å². The molecular weight excluding hydrogens is 412 g/mol. The normalized spacial score (nSPS) is 15.7. The van der Waals surface area contributed by atoms with Crippen molar-refractivity contribution in [3.05, 3.63) is 90.0 Å². The first-order valence-electron chi connectivity index (χ1n) is 10.0. The lowest BCUT2D eigenvalue weighted by Crippen LogP contribution is -2.50. The van der Waals surface area contributed by atoms with Crippen molar-refractivity contribution in [1.82, 2.24) is 4.90 Å². The highest BCUT2D eigenvalue weighted by atomic mass is 32.2. The first-order chi connectivity index (χ1) is 14.9. The predicted octanol–water partition coefficient (Wildman–Crippen LogP) is 3.61. The number of hydrogen-bond acceptors (Lipinski definition) is 4. The van der Waals surface area contributed by atoms with Crippen molar-refractivity contribution in [2.24, 2.45) is 0 Å². The molecule has 1 atom stereocenters. The largest absolute Gasteiger partial charge is 0.476 e. The van der Waals surface area contributed by atoms with Gasteiger partial charge in [0.05, 0.1) is 17.1 Å². The molecule has 7 heteroatoms. The predicted molar refractivity (Wildman–Crippen MR) is 119 cm³/mol. The Bertz CT molecular complexity index is 1180. The van der Waals surface area contributed by atoms with Gasteiger partial charge >= 0.3 is 0 Å². The minimum atomic E-state index is -3.85. The van der Waals surface area contributed by atoms with Crippen LogP contribution in [0.25, 0.3) is 0 Å². The Balaban J connectivity index is 1.62. The van der Waals surface area contributed by atoms with E-state index in [0.717, 1.165) is 11.1 Å². The van der Waals surface area contributed by atoms with Crippen molar-refractivity contribution in [1.29, 1.82) is 0 Å². The lowest BCUT2D eigenvalue weighted by molar-refractivity contribution is -0.137. The summed E-state index contributed by atoms with van der Waals surface area (Å²) < 4.78 is 33.9. The molecule has 4 rings (SSSR count). The second-order valence-electron chi connectivity index (χ2n) is 7.60. The highest BCUT2D eigenvalue weighted by molar-refractivity contribution is 7.92. The molecule has 0 fully saturated rings. The van der Waals surface area contributed by atoms with Crippen LogP contribution in [0.2, 0.25) is 0 Å². The molecule has 3 aromatic rings. The van der Waals surface area contributed by atoms with E-state index >= 15 is 0 Å². The Morgan fingerprint density at radius 2 is 1.65 bits per heavy atom. The number of hydrogen-bond donors (Lipinski definition) is 0. The molecule has 0 aromatic heterocycles. The Labute approximate surface area is 182 Å². The number of likely N-dealkylation sites (N-methyl/N-ethyl adjacent to an activating group) is 1. The standard InChI is InChI=1S/C24H24N2O4S/c1-18-12-14-19(15-13-18)16-25(2)24(27)23-17-26(21-10-6-7-11-22(21)30-23)31(28,29)20-8-4-3-5-9-20/h3-15,23H,16-17H2,1-2H3/t23-/m1/s1.